The van der Waals surface area contributed by atoms with E-state index in [4.69, 9.17) is 0 Å². The van der Waals surface area contributed by atoms with Crippen molar-refractivity contribution in [2.75, 3.05) is 23.3 Å². The van der Waals surface area contributed by atoms with Gasteiger partial charge in [-0.1, -0.05) is 0 Å². The van der Waals surface area contributed by atoms with Gasteiger partial charge in [0.2, 0.25) is 0 Å². The van der Waals surface area contributed by atoms with Crippen molar-refractivity contribution in [2.45, 2.75) is 26.2 Å². The lowest BCUT2D eigenvalue weighted by atomic mass is 10.1. The Bertz CT molecular complexity index is 980. The molecule has 3 heterocycles. The van der Waals surface area contributed by atoms with Gasteiger partial charge in [0.05, 0.1) is 0 Å². The summed E-state index contributed by atoms with van der Waals surface area (Å²) in [5, 5.41) is 5.26. The fourth-order valence-corrected chi connectivity index (χ4v) is 4.08. The number of aryl methyl sites for hydroxylation is 1. The Kier molecular flexibility index (Phi) is 5.34. The first-order chi connectivity index (χ1) is 13.6. The van der Waals surface area contributed by atoms with E-state index in [1.54, 1.807) is 18.4 Å². The van der Waals surface area contributed by atoms with Gasteiger partial charge >= 0.3 is 0 Å². The minimum absolute atomic E-state index is 0.310. The number of rotatable bonds is 4. The van der Waals surface area contributed by atoms with Crippen molar-refractivity contribution in [1.82, 2.24) is 9.97 Å². The Balaban J connectivity index is 1.46. The predicted molar refractivity (Wildman–Crippen MR) is 110 cm³/mol. The third-order valence-corrected chi connectivity index (χ3v) is 5.74. The van der Waals surface area contributed by atoms with Gasteiger partial charge in [0.25, 0.3) is 5.91 Å². The number of piperidine rings is 1. The van der Waals surface area contributed by atoms with Gasteiger partial charge in [-0.25, -0.2) is 14.4 Å². The number of anilines is 2. The van der Waals surface area contributed by atoms with Crippen LogP contribution in [0.4, 0.5) is 15.9 Å². The number of halogens is 1. The summed E-state index contributed by atoms with van der Waals surface area (Å²) in [5.74, 6) is 0.354. The van der Waals surface area contributed by atoms with E-state index in [9.17, 15) is 9.18 Å². The highest BCUT2D eigenvalue weighted by Crippen LogP contribution is 2.26. The zero-order valence-electron chi connectivity index (χ0n) is 15.6. The average Bonchev–Trinajstić information content (AvgIpc) is 3.21. The SMILES string of the molecule is Cc1cc(F)ccc1NC(=O)c1csc(-c2ccc(N3CCCCC3)nc2)n1. The molecule has 1 aliphatic heterocycles. The minimum Gasteiger partial charge on any atom is -0.357 e. The molecule has 0 aliphatic carbocycles. The maximum absolute atomic E-state index is 13.2. The molecule has 0 spiro atoms. The molecule has 3 aromatic rings. The Labute approximate surface area is 167 Å². The molecule has 28 heavy (non-hydrogen) atoms. The summed E-state index contributed by atoms with van der Waals surface area (Å²) >= 11 is 1.40. The molecule has 1 fully saturated rings. The molecule has 1 aromatic carbocycles. The van der Waals surface area contributed by atoms with Crippen LogP contribution in [0.5, 0.6) is 0 Å². The number of aromatic nitrogens is 2. The number of nitrogens with one attached hydrogen (secondary N) is 1. The first-order valence-corrected chi connectivity index (χ1v) is 10.2. The van der Waals surface area contributed by atoms with Crippen LogP contribution in [0, 0.1) is 12.7 Å². The second-order valence-electron chi connectivity index (χ2n) is 6.90. The molecule has 1 saturated heterocycles. The molecule has 144 valence electrons. The number of amides is 1. The van der Waals surface area contributed by atoms with Crippen molar-refractivity contribution >= 4 is 28.7 Å². The zero-order valence-corrected chi connectivity index (χ0v) is 16.4. The predicted octanol–water partition coefficient (Wildman–Crippen LogP) is 4.90. The summed E-state index contributed by atoms with van der Waals surface area (Å²) in [4.78, 5) is 23.8. The molecule has 0 bridgehead atoms. The number of hydrogen-bond acceptors (Lipinski definition) is 5. The first kappa shape index (κ1) is 18.6. The topological polar surface area (TPSA) is 58.1 Å². The molecule has 1 aliphatic rings. The quantitative estimate of drug-likeness (QED) is 0.682. The van der Waals surface area contributed by atoms with E-state index in [2.05, 4.69) is 20.2 Å². The van der Waals surface area contributed by atoms with Gasteiger partial charge in [-0.05, 0) is 62.1 Å². The summed E-state index contributed by atoms with van der Waals surface area (Å²) in [5.41, 5.74) is 2.47. The Morgan fingerprint density at radius 1 is 1.18 bits per heavy atom. The van der Waals surface area contributed by atoms with Crippen molar-refractivity contribution in [1.29, 1.82) is 0 Å². The number of hydrogen-bond donors (Lipinski definition) is 1. The van der Waals surface area contributed by atoms with Crippen LogP contribution in [-0.4, -0.2) is 29.0 Å². The molecular weight excluding hydrogens is 375 g/mol. The van der Waals surface area contributed by atoms with Gasteiger partial charge in [-0.2, -0.15) is 0 Å². The fraction of sp³-hybridized carbons (Fsp3) is 0.286. The lowest BCUT2D eigenvalue weighted by Crippen LogP contribution is -2.29. The average molecular weight is 396 g/mol. The highest BCUT2D eigenvalue weighted by atomic mass is 32.1. The number of thiazole rings is 1. The molecule has 0 saturated carbocycles. The highest BCUT2D eigenvalue weighted by Gasteiger charge is 2.15. The molecule has 0 radical (unpaired) electrons. The summed E-state index contributed by atoms with van der Waals surface area (Å²) in [7, 11) is 0. The Morgan fingerprint density at radius 3 is 2.71 bits per heavy atom. The fourth-order valence-electron chi connectivity index (χ4n) is 3.29. The third kappa shape index (κ3) is 4.04. The van der Waals surface area contributed by atoms with Gasteiger partial charge in [-0.3, -0.25) is 4.79 Å². The molecule has 2 aromatic heterocycles. The van der Waals surface area contributed by atoms with E-state index < -0.39 is 0 Å². The smallest absolute Gasteiger partial charge is 0.275 e. The molecule has 4 rings (SSSR count). The lowest BCUT2D eigenvalue weighted by molar-refractivity contribution is 0.102. The van der Waals surface area contributed by atoms with Crippen molar-refractivity contribution in [3.63, 3.8) is 0 Å². The molecule has 1 N–H and O–H groups in total. The lowest BCUT2D eigenvalue weighted by Gasteiger charge is -2.27. The molecule has 7 heteroatoms. The van der Waals surface area contributed by atoms with Crippen molar-refractivity contribution < 1.29 is 9.18 Å². The number of carbonyl (C=O) groups excluding carboxylic acids is 1. The van der Waals surface area contributed by atoms with Gasteiger partial charge in [-0.15, -0.1) is 11.3 Å². The van der Waals surface area contributed by atoms with Gasteiger partial charge in [0, 0.05) is 35.9 Å². The standard InChI is InChI=1S/C21H21FN4OS/c1-14-11-16(22)6-7-17(14)24-20(27)18-13-28-21(25-18)15-5-8-19(23-12-15)26-9-3-2-4-10-26/h5-8,11-13H,2-4,9-10H2,1H3,(H,24,27). The largest absolute Gasteiger partial charge is 0.357 e. The summed E-state index contributed by atoms with van der Waals surface area (Å²) in [6.07, 6.45) is 5.52. The van der Waals surface area contributed by atoms with E-state index in [1.807, 2.05) is 18.3 Å². The maximum atomic E-state index is 13.2. The Morgan fingerprint density at radius 2 is 2.00 bits per heavy atom. The minimum atomic E-state index is -0.327. The molecule has 1 amide bonds. The van der Waals surface area contributed by atoms with Crippen molar-refractivity contribution in [3.05, 3.63) is 59.0 Å². The monoisotopic (exact) mass is 396 g/mol. The first-order valence-electron chi connectivity index (χ1n) is 9.34. The highest BCUT2D eigenvalue weighted by molar-refractivity contribution is 7.13. The second kappa shape index (κ2) is 8.06. The molecule has 0 unspecified atom stereocenters. The van der Waals surface area contributed by atoms with E-state index in [-0.39, 0.29) is 11.7 Å². The van der Waals surface area contributed by atoms with Crippen LogP contribution in [0.25, 0.3) is 10.6 Å². The van der Waals surface area contributed by atoms with Crippen molar-refractivity contribution in [2.24, 2.45) is 0 Å². The van der Waals surface area contributed by atoms with Crippen LogP contribution in [-0.2, 0) is 0 Å². The zero-order chi connectivity index (χ0) is 19.5. The second-order valence-corrected chi connectivity index (χ2v) is 7.76. The summed E-state index contributed by atoms with van der Waals surface area (Å²) in [6.45, 7) is 3.86. The molecule has 0 atom stereocenters. The summed E-state index contributed by atoms with van der Waals surface area (Å²) in [6, 6.07) is 8.28. The van der Waals surface area contributed by atoms with E-state index in [0.29, 0.717) is 16.9 Å². The number of nitrogens with zero attached hydrogens (tertiary/aromatic N) is 3. The van der Waals surface area contributed by atoms with Crippen molar-refractivity contribution in [3.8, 4) is 10.6 Å². The van der Waals surface area contributed by atoms with Gasteiger partial charge in [0.1, 0.15) is 22.3 Å². The maximum Gasteiger partial charge on any atom is 0.275 e. The van der Waals surface area contributed by atoms with Crippen LogP contribution >= 0.6 is 11.3 Å². The van der Waals surface area contributed by atoms with Gasteiger partial charge in [0.15, 0.2) is 0 Å². The Hall–Kier alpha value is -2.80. The van der Waals surface area contributed by atoms with Crippen LogP contribution in [0.3, 0.4) is 0 Å². The number of pyridine rings is 1. The molecular formula is C21H21FN4OS. The number of carbonyl (C=O) groups is 1. The van der Waals surface area contributed by atoms with E-state index in [0.717, 1.165) is 29.5 Å². The normalized spacial score (nSPS) is 14.1. The van der Waals surface area contributed by atoms with Crippen LogP contribution < -0.4 is 10.2 Å². The van der Waals surface area contributed by atoms with Crippen LogP contribution in [0.2, 0.25) is 0 Å². The van der Waals surface area contributed by atoms with Crippen LogP contribution in [0.15, 0.2) is 41.9 Å². The summed E-state index contributed by atoms with van der Waals surface area (Å²) < 4.78 is 13.2. The number of benzene rings is 1. The van der Waals surface area contributed by atoms with Gasteiger partial charge < -0.3 is 10.2 Å². The van der Waals surface area contributed by atoms with E-state index >= 15 is 0 Å². The van der Waals surface area contributed by atoms with E-state index in [1.165, 1.54) is 42.7 Å². The van der Waals surface area contributed by atoms with Crippen LogP contribution in [0.1, 0.15) is 35.3 Å². The third-order valence-electron chi connectivity index (χ3n) is 4.85. The molecule has 5 nitrogen and oxygen atoms in total.